The number of rotatable bonds is 8. The van der Waals surface area contributed by atoms with Gasteiger partial charge in [-0.1, -0.05) is 83.0 Å². The van der Waals surface area contributed by atoms with Crippen molar-refractivity contribution >= 4 is 58.2 Å². The summed E-state index contributed by atoms with van der Waals surface area (Å²) in [6, 6.07) is 21.0. The van der Waals surface area contributed by atoms with Gasteiger partial charge in [0.15, 0.2) is 6.29 Å². The highest BCUT2D eigenvalue weighted by molar-refractivity contribution is 7.99. The van der Waals surface area contributed by atoms with Crippen molar-refractivity contribution in [3.8, 4) is 11.4 Å². The molecule has 1 amide bonds. The molecule has 0 unspecified atom stereocenters. The van der Waals surface area contributed by atoms with Gasteiger partial charge in [0.25, 0.3) is 9.70 Å². The van der Waals surface area contributed by atoms with E-state index in [1.54, 1.807) is 47.1 Å². The van der Waals surface area contributed by atoms with Crippen LogP contribution in [0.3, 0.4) is 0 Å². The standard InChI is InChI=1S/C27H24Cl3N5O5S/c28-27(29,30)25(38)31-19-3-1-2-18(12-19)24-39-22(13-23(40-24)17-6-4-16(14-36)5-7-17)15-41-26-32-33-34-35(26)20-8-10-21(37)11-9-20/h1-12,22-24,36-37H,13-15H2,(H,31,38)/t22-,23+,24+/m1/s1. The maximum Gasteiger partial charge on any atom is 0.276 e. The fourth-order valence-corrected chi connectivity index (χ4v) is 5.23. The lowest BCUT2D eigenvalue weighted by Crippen LogP contribution is -2.31. The van der Waals surface area contributed by atoms with E-state index in [1.807, 2.05) is 30.3 Å². The Morgan fingerprint density at radius 3 is 2.51 bits per heavy atom. The number of aromatic hydroxyl groups is 1. The molecule has 1 aliphatic rings. The number of aliphatic hydroxyl groups excluding tert-OH is 1. The van der Waals surface area contributed by atoms with Gasteiger partial charge >= 0.3 is 0 Å². The van der Waals surface area contributed by atoms with Gasteiger partial charge < -0.3 is 25.0 Å². The minimum absolute atomic E-state index is 0.0563. The summed E-state index contributed by atoms with van der Waals surface area (Å²) >= 11 is 18.5. The van der Waals surface area contributed by atoms with Crippen molar-refractivity contribution in [2.75, 3.05) is 11.1 Å². The van der Waals surface area contributed by atoms with E-state index in [0.717, 1.165) is 11.1 Å². The number of anilines is 1. The zero-order chi connectivity index (χ0) is 29.0. The number of aliphatic hydroxyl groups is 1. The molecule has 0 aliphatic carbocycles. The predicted molar refractivity (Wildman–Crippen MR) is 155 cm³/mol. The second-order valence-corrected chi connectivity index (χ2v) is 12.4. The number of tetrazole rings is 1. The van der Waals surface area contributed by atoms with Crippen LogP contribution in [-0.2, 0) is 20.9 Å². The molecular weight excluding hydrogens is 613 g/mol. The molecule has 0 spiro atoms. The van der Waals surface area contributed by atoms with Crippen LogP contribution in [0.4, 0.5) is 5.69 Å². The first-order valence-corrected chi connectivity index (χ1v) is 14.5. The van der Waals surface area contributed by atoms with Gasteiger partial charge in [0.2, 0.25) is 5.16 Å². The van der Waals surface area contributed by atoms with Crippen LogP contribution in [0.25, 0.3) is 5.69 Å². The number of aromatic nitrogens is 4. The summed E-state index contributed by atoms with van der Waals surface area (Å²) in [4.78, 5) is 12.2. The van der Waals surface area contributed by atoms with Crippen molar-refractivity contribution in [1.82, 2.24) is 20.2 Å². The normalized spacial score (nSPS) is 19.2. The third kappa shape index (κ3) is 7.49. The van der Waals surface area contributed by atoms with Crippen molar-refractivity contribution in [2.24, 2.45) is 0 Å². The molecule has 2 heterocycles. The van der Waals surface area contributed by atoms with Crippen LogP contribution >= 0.6 is 46.6 Å². The highest BCUT2D eigenvalue weighted by Gasteiger charge is 2.34. The molecule has 4 aromatic rings. The second-order valence-electron chi connectivity index (χ2n) is 9.13. The molecule has 1 fully saturated rings. The predicted octanol–water partition coefficient (Wildman–Crippen LogP) is 5.51. The number of phenolic OH excluding ortho intramolecular Hbond substituents is 1. The fraction of sp³-hybridized carbons (Fsp3) is 0.259. The van der Waals surface area contributed by atoms with E-state index in [0.29, 0.717) is 34.3 Å². The Hall–Kier alpha value is -2.90. The Balaban J connectivity index is 1.36. The molecular formula is C27H24Cl3N5O5S. The number of phenols is 1. The van der Waals surface area contributed by atoms with Crippen LogP contribution in [0, 0.1) is 0 Å². The highest BCUT2D eigenvalue weighted by Crippen LogP contribution is 2.40. The molecule has 41 heavy (non-hydrogen) atoms. The summed E-state index contributed by atoms with van der Waals surface area (Å²) < 4.78 is 12.2. The van der Waals surface area contributed by atoms with Gasteiger partial charge in [-0.3, -0.25) is 4.79 Å². The first-order chi connectivity index (χ1) is 19.7. The molecule has 0 radical (unpaired) electrons. The Kier molecular flexibility index (Phi) is 9.35. The molecule has 3 aromatic carbocycles. The molecule has 1 aliphatic heterocycles. The number of ether oxygens (including phenoxy) is 2. The maximum absolute atomic E-state index is 12.2. The Morgan fingerprint density at radius 1 is 1.05 bits per heavy atom. The lowest BCUT2D eigenvalue weighted by Gasteiger charge is -2.36. The van der Waals surface area contributed by atoms with E-state index in [9.17, 15) is 15.0 Å². The number of carbonyl (C=O) groups is 1. The average molecular weight is 637 g/mol. The zero-order valence-electron chi connectivity index (χ0n) is 21.2. The molecule has 3 N–H and O–H groups in total. The second kappa shape index (κ2) is 13.0. The number of thioether (sulfide) groups is 1. The summed E-state index contributed by atoms with van der Waals surface area (Å²) in [6.07, 6.45) is -0.813. The maximum atomic E-state index is 12.2. The first kappa shape index (κ1) is 29.6. The van der Waals surface area contributed by atoms with Crippen molar-refractivity contribution in [2.45, 2.75) is 40.5 Å². The van der Waals surface area contributed by atoms with Gasteiger partial charge in [-0.25, -0.2) is 0 Å². The summed E-state index contributed by atoms with van der Waals surface area (Å²) in [6.45, 7) is -0.0563. The monoisotopic (exact) mass is 635 g/mol. The number of amides is 1. The minimum Gasteiger partial charge on any atom is -0.508 e. The van der Waals surface area contributed by atoms with Crippen molar-refractivity contribution < 1.29 is 24.5 Å². The van der Waals surface area contributed by atoms with Crippen molar-refractivity contribution in [3.05, 3.63) is 89.5 Å². The van der Waals surface area contributed by atoms with Crippen LogP contribution in [-0.4, -0.2) is 52.0 Å². The number of carbonyl (C=O) groups excluding carboxylic acids is 1. The Morgan fingerprint density at radius 2 is 1.80 bits per heavy atom. The van der Waals surface area contributed by atoms with Gasteiger partial charge in [-0.2, -0.15) is 4.68 Å². The van der Waals surface area contributed by atoms with Gasteiger partial charge in [0.1, 0.15) is 5.75 Å². The summed E-state index contributed by atoms with van der Waals surface area (Å²) in [5, 5.41) is 34.2. The first-order valence-electron chi connectivity index (χ1n) is 12.4. The van der Waals surface area contributed by atoms with Gasteiger partial charge in [-0.05, 0) is 58.0 Å². The van der Waals surface area contributed by atoms with E-state index in [2.05, 4.69) is 20.8 Å². The van der Waals surface area contributed by atoms with Crippen LogP contribution < -0.4 is 5.32 Å². The number of hydrogen-bond donors (Lipinski definition) is 3. The fourth-order valence-electron chi connectivity index (χ4n) is 4.18. The van der Waals surface area contributed by atoms with E-state index in [-0.39, 0.29) is 24.6 Å². The third-order valence-electron chi connectivity index (χ3n) is 6.22. The minimum atomic E-state index is -2.11. The molecule has 214 valence electrons. The SMILES string of the molecule is O=C(Nc1cccc([C@H]2O[C@@H](CSc3nnnn3-c3ccc(O)cc3)C[C@@H](c3ccc(CO)cc3)O2)c1)C(Cl)(Cl)Cl. The number of nitrogens with zero attached hydrogens (tertiary/aromatic N) is 4. The Bertz CT molecular complexity index is 1480. The van der Waals surface area contributed by atoms with Crippen molar-refractivity contribution in [1.29, 1.82) is 0 Å². The topological polar surface area (TPSA) is 132 Å². The van der Waals surface area contributed by atoms with Crippen LogP contribution in [0.5, 0.6) is 5.75 Å². The average Bonchev–Trinajstić information content (AvgIpc) is 3.45. The summed E-state index contributed by atoms with van der Waals surface area (Å²) in [7, 11) is 0. The lowest BCUT2D eigenvalue weighted by molar-refractivity contribution is -0.245. The highest BCUT2D eigenvalue weighted by atomic mass is 35.6. The van der Waals surface area contributed by atoms with Crippen LogP contribution in [0.2, 0.25) is 0 Å². The largest absolute Gasteiger partial charge is 0.508 e. The van der Waals surface area contributed by atoms with E-state index >= 15 is 0 Å². The van der Waals surface area contributed by atoms with Crippen LogP contribution in [0.1, 0.15) is 35.5 Å². The molecule has 3 atom stereocenters. The molecule has 5 rings (SSSR count). The molecule has 14 heteroatoms. The quantitative estimate of drug-likeness (QED) is 0.169. The molecule has 1 aromatic heterocycles. The number of nitrogens with one attached hydrogen (secondary N) is 1. The number of halogens is 3. The van der Waals surface area contributed by atoms with E-state index in [4.69, 9.17) is 44.3 Å². The van der Waals surface area contributed by atoms with Gasteiger partial charge in [0.05, 0.1) is 24.5 Å². The molecule has 0 bridgehead atoms. The smallest absolute Gasteiger partial charge is 0.276 e. The zero-order valence-corrected chi connectivity index (χ0v) is 24.3. The van der Waals surface area contributed by atoms with E-state index < -0.39 is 16.0 Å². The number of benzene rings is 3. The molecule has 0 saturated carbocycles. The summed E-state index contributed by atoms with van der Waals surface area (Å²) in [5.74, 6) is -0.132. The molecule has 10 nitrogen and oxygen atoms in total. The van der Waals surface area contributed by atoms with Crippen molar-refractivity contribution in [3.63, 3.8) is 0 Å². The van der Waals surface area contributed by atoms with E-state index in [1.165, 1.54) is 11.8 Å². The Labute approximate surface area is 254 Å². The summed E-state index contributed by atoms with van der Waals surface area (Å²) in [5.41, 5.74) is 3.51. The van der Waals surface area contributed by atoms with Crippen LogP contribution in [0.15, 0.2) is 78.0 Å². The molecule has 1 saturated heterocycles. The number of alkyl halides is 3. The number of hydrogen-bond acceptors (Lipinski definition) is 9. The third-order valence-corrected chi connectivity index (χ3v) is 7.79. The van der Waals surface area contributed by atoms with Gasteiger partial charge in [0, 0.05) is 23.4 Å². The lowest BCUT2D eigenvalue weighted by atomic mass is 10.0. The van der Waals surface area contributed by atoms with Gasteiger partial charge in [-0.15, -0.1) is 5.10 Å².